The van der Waals surface area contributed by atoms with Crippen LogP contribution >= 0.6 is 0 Å². The Kier molecular flexibility index (Phi) is 5.37. The first-order chi connectivity index (χ1) is 10.0. The Balaban J connectivity index is 2.30. The van der Waals surface area contributed by atoms with Crippen molar-refractivity contribution in [2.75, 3.05) is 20.3 Å². The molecule has 1 fully saturated rings. The molecular weight excluding hydrogens is 288 g/mol. The molecule has 1 aliphatic rings. The van der Waals surface area contributed by atoms with E-state index in [0.717, 1.165) is 30.4 Å². The van der Waals surface area contributed by atoms with E-state index in [4.69, 9.17) is 10.5 Å². The zero-order valence-electron chi connectivity index (χ0n) is 12.7. The Morgan fingerprint density at radius 3 is 2.52 bits per heavy atom. The molecule has 0 saturated carbocycles. The molecule has 6 heteroatoms. The number of ether oxygens (including phenoxy) is 1. The van der Waals surface area contributed by atoms with Gasteiger partial charge in [-0.1, -0.05) is 13.0 Å². The first kappa shape index (κ1) is 16.4. The highest BCUT2D eigenvalue weighted by Crippen LogP contribution is 2.24. The van der Waals surface area contributed by atoms with Crippen LogP contribution in [0.2, 0.25) is 0 Å². The molecule has 0 amide bonds. The number of benzene rings is 1. The molecular formula is C15H24N2O3S. The molecule has 1 aromatic rings. The van der Waals surface area contributed by atoms with Crippen LogP contribution in [0.4, 0.5) is 0 Å². The molecule has 118 valence electrons. The predicted octanol–water partition coefficient (Wildman–Crippen LogP) is 1.51. The van der Waals surface area contributed by atoms with Crippen molar-refractivity contribution in [2.24, 2.45) is 5.73 Å². The van der Waals surface area contributed by atoms with Crippen LogP contribution in [0, 0.1) is 0 Å². The van der Waals surface area contributed by atoms with Gasteiger partial charge in [-0.15, -0.1) is 0 Å². The lowest BCUT2D eigenvalue weighted by Gasteiger charge is -2.30. The highest BCUT2D eigenvalue weighted by Gasteiger charge is 2.29. The summed E-state index contributed by atoms with van der Waals surface area (Å²) in [7, 11) is -1.82. The zero-order chi connectivity index (χ0) is 15.5. The second-order valence-electron chi connectivity index (χ2n) is 5.35. The van der Waals surface area contributed by atoms with Crippen molar-refractivity contribution >= 4 is 10.0 Å². The van der Waals surface area contributed by atoms with Crippen molar-refractivity contribution in [3.63, 3.8) is 0 Å². The molecule has 5 nitrogen and oxygen atoms in total. The lowest BCUT2D eigenvalue weighted by atomic mass is 10.1. The summed E-state index contributed by atoms with van der Waals surface area (Å²) in [5.74, 6) is 0. The maximum absolute atomic E-state index is 12.7. The van der Waals surface area contributed by atoms with Crippen LogP contribution in [0.3, 0.4) is 0 Å². The van der Waals surface area contributed by atoms with Gasteiger partial charge in [0.1, 0.15) is 0 Å². The minimum absolute atomic E-state index is 0.0101. The minimum atomic E-state index is -3.47. The van der Waals surface area contributed by atoms with Gasteiger partial charge in [0.05, 0.1) is 4.90 Å². The summed E-state index contributed by atoms with van der Waals surface area (Å²) in [6.07, 6.45) is 2.34. The van der Waals surface area contributed by atoms with Gasteiger partial charge in [0, 0.05) is 32.8 Å². The highest BCUT2D eigenvalue weighted by molar-refractivity contribution is 7.89. The van der Waals surface area contributed by atoms with Crippen LogP contribution in [-0.2, 0) is 27.7 Å². The summed E-state index contributed by atoms with van der Waals surface area (Å²) in [6.45, 7) is 3.63. The minimum Gasteiger partial charge on any atom is -0.381 e. The Hall–Kier alpha value is -0.950. The molecule has 0 atom stereocenters. The summed E-state index contributed by atoms with van der Waals surface area (Å²) in [6, 6.07) is 5.27. The van der Waals surface area contributed by atoms with Crippen molar-refractivity contribution in [1.29, 1.82) is 0 Å². The molecule has 1 heterocycles. The lowest BCUT2D eigenvalue weighted by molar-refractivity contribution is 0.0632. The molecule has 21 heavy (non-hydrogen) atoms. The van der Waals surface area contributed by atoms with E-state index in [-0.39, 0.29) is 6.04 Å². The molecule has 1 aromatic carbocycles. The van der Waals surface area contributed by atoms with Crippen LogP contribution in [0.25, 0.3) is 0 Å². The van der Waals surface area contributed by atoms with Gasteiger partial charge in [-0.25, -0.2) is 8.42 Å². The summed E-state index contributed by atoms with van der Waals surface area (Å²) >= 11 is 0. The van der Waals surface area contributed by atoms with Crippen LogP contribution in [-0.4, -0.2) is 39.0 Å². The first-order valence-electron chi connectivity index (χ1n) is 7.38. The van der Waals surface area contributed by atoms with Crippen LogP contribution in [0.1, 0.15) is 30.9 Å². The fourth-order valence-electron chi connectivity index (χ4n) is 2.71. The van der Waals surface area contributed by atoms with Crippen molar-refractivity contribution in [2.45, 2.75) is 43.7 Å². The fourth-order valence-corrected chi connectivity index (χ4v) is 4.18. The monoisotopic (exact) mass is 312 g/mol. The van der Waals surface area contributed by atoms with E-state index < -0.39 is 10.0 Å². The van der Waals surface area contributed by atoms with E-state index in [1.807, 2.05) is 13.0 Å². The lowest BCUT2D eigenvalue weighted by Crippen LogP contribution is -2.40. The maximum atomic E-state index is 12.7. The average Bonchev–Trinajstić information content (AvgIpc) is 2.54. The van der Waals surface area contributed by atoms with Gasteiger partial charge in [0.2, 0.25) is 10.0 Å². The van der Waals surface area contributed by atoms with E-state index in [1.54, 1.807) is 19.2 Å². The van der Waals surface area contributed by atoms with Gasteiger partial charge in [0.15, 0.2) is 0 Å². The van der Waals surface area contributed by atoms with Gasteiger partial charge >= 0.3 is 0 Å². The largest absolute Gasteiger partial charge is 0.381 e. The van der Waals surface area contributed by atoms with Gasteiger partial charge in [0.25, 0.3) is 0 Å². The topological polar surface area (TPSA) is 72.6 Å². The molecule has 0 radical (unpaired) electrons. The fraction of sp³-hybridized carbons (Fsp3) is 0.600. The smallest absolute Gasteiger partial charge is 0.243 e. The molecule has 0 unspecified atom stereocenters. The molecule has 0 spiro atoms. The Labute approximate surface area is 127 Å². The van der Waals surface area contributed by atoms with Crippen LogP contribution in [0.5, 0.6) is 0 Å². The van der Waals surface area contributed by atoms with Gasteiger partial charge in [-0.05, 0) is 42.5 Å². The Morgan fingerprint density at radius 1 is 1.29 bits per heavy atom. The number of nitrogens with zero attached hydrogens (tertiary/aromatic N) is 1. The molecule has 1 aliphatic heterocycles. The highest BCUT2D eigenvalue weighted by atomic mass is 32.2. The third kappa shape index (κ3) is 3.45. The van der Waals surface area contributed by atoms with Crippen LogP contribution in [0.15, 0.2) is 23.1 Å². The third-order valence-corrected chi connectivity index (χ3v) is 6.07. The summed E-state index contributed by atoms with van der Waals surface area (Å²) < 4.78 is 32.3. The number of hydrogen-bond acceptors (Lipinski definition) is 4. The summed E-state index contributed by atoms with van der Waals surface area (Å²) in [4.78, 5) is 0.328. The van der Waals surface area contributed by atoms with E-state index in [2.05, 4.69) is 0 Å². The van der Waals surface area contributed by atoms with E-state index in [9.17, 15) is 8.42 Å². The summed E-state index contributed by atoms with van der Waals surface area (Å²) in [5.41, 5.74) is 7.74. The third-order valence-electron chi connectivity index (χ3n) is 4.16. The van der Waals surface area contributed by atoms with E-state index >= 15 is 0 Å². The van der Waals surface area contributed by atoms with Gasteiger partial charge in [-0.2, -0.15) is 4.31 Å². The van der Waals surface area contributed by atoms with Crippen molar-refractivity contribution < 1.29 is 13.2 Å². The summed E-state index contributed by atoms with van der Waals surface area (Å²) in [5, 5.41) is 0. The van der Waals surface area contributed by atoms with Crippen molar-refractivity contribution in [1.82, 2.24) is 4.31 Å². The predicted molar refractivity (Wildman–Crippen MR) is 82.5 cm³/mol. The quantitative estimate of drug-likeness (QED) is 0.894. The Morgan fingerprint density at radius 2 is 1.95 bits per heavy atom. The molecule has 2 N–H and O–H groups in total. The number of sulfonamides is 1. The van der Waals surface area contributed by atoms with E-state index in [0.29, 0.717) is 24.7 Å². The van der Waals surface area contributed by atoms with Gasteiger partial charge in [-0.3, -0.25) is 0 Å². The average molecular weight is 312 g/mol. The Bertz CT molecular complexity index is 581. The van der Waals surface area contributed by atoms with Crippen molar-refractivity contribution in [3.8, 4) is 0 Å². The molecule has 0 aliphatic carbocycles. The number of rotatable bonds is 5. The molecule has 2 rings (SSSR count). The molecule has 1 saturated heterocycles. The van der Waals surface area contributed by atoms with Crippen LogP contribution < -0.4 is 5.73 Å². The number of nitrogens with two attached hydrogens (primary N) is 1. The second kappa shape index (κ2) is 6.87. The number of hydrogen-bond donors (Lipinski definition) is 1. The normalized spacial score (nSPS) is 17.3. The first-order valence-corrected chi connectivity index (χ1v) is 8.82. The standard InChI is InChI=1S/C15H24N2O3S/c1-3-12-4-5-15(10-13(12)11-16)21(18,19)17(2)14-6-8-20-9-7-14/h4-5,10,14H,3,6-9,11,16H2,1-2H3. The number of aryl methyl sites for hydroxylation is 1. The van der Waals surface area contributed by atoms with Gasteiger partial charge < -0.3 is 10.5 Å². The SMILES string of the molecule is CCc1ccc(S(=O)(=O)N(C)C2CCOCC2)cc1CN. The van der Waals surface area contributed by atoms with Crippen molar-refractivity contribution in [3.05, 3.63) is 29.3 Å². The van der Waals surface area contributed by atoms with E-state index in [1.165, 1.54) is 4.31 Å². The molecule has 0 aromatic heterocycles. The maximum Gasteiger partial charge on any atom is 0.243 e. The second-order valence-corrected chi connectivity index (χ2v) is 7.35. The zero-order valence-corrected chi connectivity index (χ0v) is 13.5. The molecule has 0 bridgehead atoms.